The molecule has 0 amide bonds. The number of aryl methyl sites for hydroxylation is 2. The van der Waals surface area contributed by atoms with E-state index < -0.39 is 0 Å². The molecule has 1 N–H and O–H groups in total. The lowest BCUT2D eigenvalue weighted by atomic mass is 9.99. The van der Waals surface area contributed by atoms with Crippen molar-refractivity contribution < 1.29 is 0 Å². The third-order valence-electron chi connectivity index (χ3n) is 3.44. The van der Waals surface area contributed by atoms with Crippen molar-refractivity contribution in [3.63, 3.8) is 0 Å². The maximum Gasteiger partial charge on any atom is 0.0608 e. The highest BCUT2D eigenvalue weighted by atomic mass is 35.5. The first kappa shape index (κ1) is 16.1. The number of nitrogens with one attached hydrogen (secondary N) is 1. The number of rotatable bonds is 7. The fraction of sp³-hybridized carbons (Fsp3) is 0.471. The van der Waals surface area contributed by atoms with Gasteiger partial charge in [-0.15, -0.1) is 0 Å². The van der Waals surface area contributed by atoms with Crippen LogP contribution < -0.4 is 5.32 Å². The highest BCUT2D eigenvalue weighted by Gasteiger charge is 2.16. The first-order valence-electron chi connectivity index (χ1n) is 7.66. The van der Waals surface area contributed by atoms with Crippen LogP contribution in [0.4, 0.5) is 0 Å². The molecule has 2 aromatic rings. The molecule has 1 unspecified atom stereocenters. The van der Waals surface area contributed by atoms with Crippen molar-refractivity contribution in [1.29, 1.82) is 0 Å². The van der Waals surface area contributed by atoms with Gasteiger partial charge in [0.25, 0.3) is 0 Å². The summed E-state index contributed by atoms with van der Waals surface area (Å²) in [5.41, 5.74) is 3.57. The van der Waals surface area contributed by atoms with Gasteiger partial charge in [-0.1, -0.05) is 31.5 Å². The first-order valence-corrected chi connectivity index (χ1v) is 8.04. The molecule has 0 spiro atoms. The molecule has 0 radical (unpaired) electrons. The van der Waals surface area contributed by atoms with Crippen molar-refractivity contribution in [1.82, 2.24) is 15.1 Å². The first-order chi connectivity index (χ1) is 10.1. The van der Waals surface area contributed by atoms with E-state index in [2.05, 4.69) is 43.4 Å². The lowest BCUT2D eigenvalue weighted by molar-refractivity contribution is 0.588. The number of aromatic nitrogens is 2. The Balaban J connectivity index is 2.31. The van der Waals surface area contributed by atoms with Crippen LogP contribution in [0.3, 0.4) is 0 Å². The van der Waals surface area contributed by atoms with Crippen LogP contribution in [0.15, 0.2) is 30.6 Å². The summed E-state index contributed by atoms with van der Waals surface area (Å²) in [5.74, 6) is 0. The second kappa shape index (κ2) is 7.62. The van der Waals surface area contributed by atoms with Crippen molar-refractivity contribution in [3.8, 4) is 0 Å². The van der Waals surface area contributed by atoms with Crippen LogP contribution >= 0.6 is 11.6 Å². The van der Waals surface area contributed by atoms with Gasteiger partial charge in [0.05, 0.1) is 12.2 Å². The van der Waals surface area contributed by atoms with Crippen LogP contribution in [-0.4, -0.2) is 16.3 Å². The van der Waals surface area contributed by atoms with Crippen LogP contribution in [0, 0.1) is 6.92 Å². The van der Waals surface area contributed by atoms with Crippen LogP contribution in [0.5, 0.6) is 0 Å². The van der Waals surface area contributed by atoms with E-state index in [1.807, 2.05) is 23.0 Å². The molecule has 0 aliphatic rings. The standard InChI is InChI=1S/C17H24ClN3/c1-4-6-19-17(14-8-13(3)9-16(18)10-14)15-11-20-21(12-15)7-5-2/h8-12,17,19H,4-7H2,1-3H3. The van der Waals surface area contributed by atoms with Crippen LogP contribution in [0.25, 0.3) is 0 Å². The van der Waals surface area contributed by atoms with Crippen LogP contribution in [-0.2, 0) is 6.54 Å². The van der Waals surface area contributed by atoms with E-state index >= 15 is 0 Å². The SMILES string of the molecule is CCCNC(c1cc(C)cc(Cl)c1)c1cnn(CCC)c1. The van der Waals surface area contributed by atoms with Gasteiger partial charge in [-0.3, -0.25) is 4.68 Å². The third-order valence-corrected chi connectivity index (χ3v) is 3.65. The summed E-state index contributed by atoms with van der Waals surface area (Å²) in [4.78, 5) is 0. The monoisotopic (exact) mass is 305 g/mol. The van der Waals surface area contributed by atoms with Gasteiger partial charge >= 0.3 is 0 Å². The van der Waals surface area contributed by atoms with E-state index in [9.17, 15) is 0 Å². The summed E-state index contributed by atoms with van der Waals surface area (Å²) >= 11 is 6.22. The summed E-state index contributed by atoms with van der Waals surface area (Å²) in [6, 6.07) is 6.37. The second-order valence-electron chi connectivity index (χ2n) is 5.49. The van der Waals surface area contributed by atoms with Gasteiger partial charge in [0.1, 0.15) is 0 Å². The van der Waals surface area contributed by atoms with E-state index in [-0.39, 0.29) is 6.04 Å². The summed E-state index contributed by atoms with van der Waals surface area (Å²) < 4.78 is 2.01. The molecule has 21 heavy (non-hydrogen) atoms. The van der Waals surface area contributed by atoms with E-state index in [0.29, 0.717) is 0 Å². The molecule has 0 bridgehead atoms. The van der Waals surface area contributed by atoms with Crippen molar-refractivity contribution in [3.05, 3.63) is 52.3 Å². The highest BCUT2D eigenvalue weighted by molar-refractivity contribution is 6.30. The third kappa shape index (κ3) is 4.32. The predicted octanol–water partition coefficient (Wildman–Crippen LogP) is 4.34. The van der Waals surface area contributed by atoms with Crippen LogP contribution in [0.2, 0.25) is 5.02 Å². The topological polar surface area (TPSA) is 29.9 Å². The van der Waals surface area contributed by atoms with Gasteiger partial charge in [-0.2, -0.15) is 5.10 Å². The summed E-state index contributed by atoms with van der Waals surface area (Å²) in [5, 5.41) is 8.84. The largest absolute Gasteiger partial charge is 0.306 e. The van der Waals surface area contributed by atoms with Gasteiger partial charge in [0.15, 0.2) is 0 Å². The lowest BCUT2D eigenvalue weighted by Gasteiger charge is -2.18. The number of benzene rings is 1. The minimum Gasteiger partial charge on any atom is -0.306 e. The number of halogens is 1. The smallest absolute Gasteiger partial charge is 0.0608 e. The number of hydrogen-bond acceptors (Lipinski definition) is 2. The molecule has 0 fully saturated rings. The van der Waals surface area contributed by atoms with Gasteiger partial charge in [-0.05, 0) is 49.6 Å². The zero-order valence-corrected chi connectivity index (χ0v) is 13.8. The maximum atomic E-state index is 6.22. The highest BCUT2D eigenvalue weighted by Crippen LogP contribution is 2.25. The maximum absolute atomic E-state index is 6.22. The van der Waals surface area contributed by atoms with Gasteiger partial charge < -0.3 is 5.32 Å². The molecular formula is C17H24ClN3. The van der Waals surface area contributed by atoms with E-state index in [1.54, 1.807) is 0 Å². The Kier molecular flexibility index (Phi) is 5.83. The summed E-state index contributed by atoms with van der Waals surface area (Å²) in [6.45, 7) is 8.33. The molecular weight excluding hydrogens is 282 g/mol. The van der Waals surface area contributed by atoms with Crippen molar-refractivity contribution in [2.75, 3.05) is 6.54 Å². The zero-order chi connectivity index (χ0) is 15.2. The molecule has 1 atom stereocenters. The second-order valence-corrected chi connectivity index (χ2v) is 5.92. The average Bonchev–Trinajstić information content (AvgIpc) is 2.87. The van der Waals surface area contributed by atoms with Crippen molar-refractivity contribution >= 4 is 11.6 Å². The van der Waals surface area contributed by atoms with Crippen molar-refractivity contribution in [2.45, 2.75) is 46.2 Å². The molecule has 0 aliphatic carbocycles. The van der Waals surface area contributed by atoms with E-state index in [4.69, 9.17) is 11.6 Å². The van der Waals surface area contributed by atoms with Crippen molar-refractivity contribution in [2.24, 2.45) is 0 Å². The molecule has 3 nitrogen and oxygen atoms in total. The minimum absolute atomic E-state index is 0.146. The minimum atomic E-state index is 0.146. The Morgan fingerprint density at radius 2 is 2.00 bits per heavy atom. The molecule has 0 saturated carbocycles. The molecule has 1 aromatic heterocycles. The zero-order valence-electron chi connectivity index (χ0n) is 13.1. The Bertz CT molecular complexity index is 557. The fourth-order valence-corrected chi connectivity index (χ4v) is 2.83. The van der Waals surface area contributed by atoms with Crippen LogP contribution in [0.1, 0.15) is 49.4 Å². The molecule has 0 aliphatic heterocycles. The van der Waals surface area contributed by atoms with Gasteiger partial charge in [0.2, 0.25) is 0 Å². The normalized spacial score (nSPS) is 12.6. The number of nitrogens with zero attached hydrogens (tertiary/aromatic N) is 2. The quantitative estimate of drug-likeness (QED) is 0.824. The lowest BCUT2D eigenvalue weighted by Crippen LogP contribution is -2.23. The number of hydrogen-bond donors (Lipinski definition) is 1. The van der Waals surface area contributed by atoms with E-state index in [0.717, 1.165) is 31.0 Å². The van der Waals surface area contributed by atoms with Gasteiger partial charge in [-0.25, -0.2) is 0 Å². The van der Waals surface area contributed by atoms with E-state index in [1.165, 1.54) is 16.7 Å². The molecule has 4 heteroatoms. The molecule has 2 rings (SSSR count). The predicted molar refractivity (Wildman–Crippen MR) is 88.8 cm³/mol. The summed E-state index contributed by atoms with van der Waals surface area (Å²) in [7, 11) is 0. The average molecular weight is 306 g/mol. The fourth-order valence-electron chi connectivity index (χ4n) is 2.53. The molecule has 1 aromatic carbocycles. The molecule has 114 valence electrons. The Labute approximate surface area is 132 Å². The Hall–Kier alpha value is -1.32. The Morgan fingerprint density at radius 3 is 2.67 bits per heavy atom. The molecule has 1 heterocycles. The van der Waals surface area contributed by atoms with Gasteiger partial charge in [0, 0.05) is 23.3 Å². The molecule has 0 saturated heterocycles. The Morgan fingerprint density at radius 1 is 1.19 bits per heavy atom. The summed E-state index contributed by atoms with van der Waals surface area (Å²) in [6.07, 6.45) is 6.27.